The average molecular weight is 96.2 g/mol. The molecule has 0 aliphatic carbocycles. The van der Waals surface area contributed by atoms with Gasteiger partial charge in [0.15, 0.2) is 0 Å². The minimum atomic E-state index is 0.400. The van der Waals surface area contributed by atoms with Crippen LogP contribution >= 0.6 is 0 Å². The van der Waals surface area contributed by atoms with E-state index in [1.807, 2.05) is 6.92 Å². The molecule has 0 aromatic rings. The van der Waals surface area contributed by atoms with Crippen molar-refractivity contribution in [2.24, 2.45) is 5.92 Å². The number of nitrogens with one attached hydrogen (secondary N) is 1. The van der Waals surface area contributed by atoms with Gasteiger partial charge in [-0.25, -0.2) is 0 Å². The van der Waals surface area contributed by atoms with E-state index in [1.165, 1.54) is 0 Å². The molecule has 1 radical (unpaired) electrons. The molecule has 0 saturated carbocycles. The molecule has 0 heterocycles. The van der Waals surface area contributed by atoms with E-state index in [9.17, 15) is 0 Å². The van der Waals surface area contributed by atoms with E-state index < -0.39 is 0 Å². The molecule has 0 aliphatic heterocycles. The molecule has 1 heteroatoms. The first-order valence-corrected chi connectivity index (χ1v) is 2.48. The lowest BCUT2D eigenvalue weighted by Gasteiger charge is -1.91. The van der Waals surface area contributed by atoms with Crippen molar-refractivity contribution >= 4 is 0 Å². The normalized spacial score (nSPS) is 11.7. The Balaban J connectivity index is 3.29. The van der Waals surface area contributed by atoms with E-state index >= 15 is 0 Å². The Labute approximate surface area is 44.9 Å². The summed E-state index contributed by atoms with van der Waals surface area (Å²) in [6.45, 7) is 4.08. The third-order valence-corrected chi connectivity index (χ3v) is 0.931. The van der Waals surface area contributed by atoms with E-state index in [4.69, 9.17) is 5.73 Å². The second-order valence-electron chi connectivity index (χ2n) is 1.58. The van der Waals surface area contributed by atoms with Crippen LogP contribution < -0.4 is 5.73 Å². The highest BCUT2D eigenvalue weighted by atomic mass is 14.5. The van der Waals surface area contributed by atoms with Crippen LogP contribution in [0.1, 0.15) is 20.3 Å². The van der Waals surface area contributed by atoms with Crippen LogP contribution in [0.2, 0.25) is 0 Å². The van der Waals surface area contributed by atoms with Crippen LogP contribution in [-0.4, -0.2) is 0 Å². The fraction of sp³-hybridized carbons (Fsp3) is 0.667. The summed E-state index contributed by atoms with van der Waals surface area (Å²) >= 11 is 0. The monoisotopic (exact) mass is 96.1 g/mol. The first kappa shape index (κ1) is 6.36. The number of hydrogen-bond donors (Lipinski definition) is 0. The summed E-state index contributed by atoms with van der Waals surface area (Å²) < 4.78 is 0. The molecule has 39 valence electrons. The largest absolute Gasteiger partial charge is 0.251 e. The van der Waals surface area contributed by atoms with Crippen LogP contribution in [0.15, 0.2) is 0 Å². The molecule has 1 nitrogen and oxygen atoms in total. The second kappa shape index (κ2) is 3.55. The van der Waals surface area contributed by atoms with Gasteiger partial charge in [-0.3, -0.25) is 5.73 Å². The van der Waals surface area contributed by atoms with E-state index in [1.54, 1.807) is 0 Å². The molecule has 0 bridgehead atoms. The fourth-order valence-corrected chi connectivity index (χ4v) is 0.225. The SMILES string of the molecule is CCC(C)C#C[NH]. The van der Waals surface area contributed by atoms with Crippen molar-refractivity contribution in [2.45, 2.75) is 20.3 Å². The molecule has 1 unspecified atom stereocenters. The third kappa shape index (κ3) is 3.18. The Morgan fingerprint density at radius 3 is 2.43 bits per heavy atom. The van der Waals surface area contributed by atoms with Gasteiger partial charge in [0.05, 0.1) is 0 Å². The topological polar surface area (TPSA) is 23.8 Å². The summed E-state index contributed by atoms with van der Waals surface area (Å²) in [5.41, 5.74) is 6.48. The van der Waals surface area contributed by atoms with Gasteiger partial charge in [-0.1, -0.05) is 19.8 Å². The van der Waals surface area contributed by atoms with Crippen molar-refractivity contribution < 1.29 is 0 Å². The lowest BCUT2D eigenvalue weighted by Crippen LogP contribution is -1.83. The molecule has 0 saturated heterocycles. The molecule has 0 fully saturated rings. The zero-order valence-electron chi connectivity index (χ0n) is 4.78. The van der Waals surface area contributed by atoms with Gasteiger partial charge in [0.25, 0.3) is 0 Å². The smallest absolute Gasteiger partial charge is 0.0257 e. The highest BCUT2D eigenvalue weighted by molar-refractivity contribution is 4.96. The zero-order chi connectivity index (χ0) is 5.70. The Bertz CT molecular complexity index is 86.1. The zero-order valence-corrected chi connectivity index (χ0v) is 4.78. The van der Waals surface area contributed by atoms with Gasteiger partial charge in [-0.15, -0.1) is 0 Å². The van der Waals surface area contributed by atoms with E-state index in [-0.39, 0.29) is 0 Å². The minimum absolute atomic E-state index is 0.400. The van der Waals surface area contributed by atoms with Crippen LogP contribution in [0.4, 0.5) is 0 Å². The molecular weight excluding hydrogens is 86.1 g/mol. The molecule has 1 N–H and O–H groups in total. The van der Waals surface area contributed by atoms with Crippen molar-refractivity contribution in [3.8, 4) is 12.0 Å². The molecule has 0 amide bonds. The molecule has 0 rings (SSSR count). The van der Waals surface area contributed by atoms with E-state index in [0.717, 1.165) is 6.42 Å². The summed E-state index contributed by atoms with van der Waals surface area (Å²) in [5.74, 6) is 3.11. The Kier molecular flexibility index (Phi) is 3.22. The van der Waals surface area contributed by atoms with Gasteiger partial charge in [-0.2, -0.15) is 0 Å². The third-order valence-electron chi connectivity index (χ3n) is 0.931. The average Bonchev–Trinajstić information content (AvgIpc) is 1.68. The van der Waals surface area contributed by atoms with Gasteiger partial charge in [0.1, 0.15) is 0 Å². The van der Waals surface area contributed by atoms with Gasteiger partial charge in [0, 0.05) is 12.0 Å². The van der Waals surface area contributed by atoms with Crippen LogP contribution in [0.25, 0.3) is 0 Å². The number of hydrogen-bond acceptors (Lipinski definition) is 0. The van der Waals surface area contributed by atoms with Crippen LogP contribution in [0.3, 0.4) is 0 Å². The lowest BCUT2D eigenvalue weighted by molar-refractivity contribution is 0.723. The molecule has 1 atom stereocenters. The molecular formula is C6H10N. The van der Waals surface area contributed by atoms with E-state index in [2.05, 4.69) is 18.9 Å². The van der Waals surface area contributed by atoms with Gasteiger partial charge in [-0.05, 0) is 6.42 Å². The summed E-state index contributed by atoms with van der Waals surface area (Å²) in [5, 5.41) is 0. The molecule has 7 heavy (non-hydrogen) atoms. The maximum atomic E-state index is 6.48. The molecule has 0 spiro atoms. The second-order valence-corrected chi connectivity index (χ2v) is 1.58. The van der Waals surface area contributed by atoms with E-state index in [0.29, 0.717) is 5.92 Å². The standard InChI is InChI=1S/C6H10N/c1-3-6(2)4-5-7/h6-7H,3H2,1-2H3. The summed E-state index contributed by atoms with van der Waals surface area (Å²) in [6.07, 6.45) is 1.05. The van der Waals surface area contributed by atoms with Crippen LogP contribution in [0.5, 0.6) is 0 Å². The quantitative estimate of drug-likeness (QED) is 0.439. The van der Waals surface area contributed by atoms with Crippen molar-refractivity contribution in [3.05, 3.63) is 0 Å². The van der Waals surface area contributed by atoms with Crippen LogP contribution in [0, 0.1) is 17.9 Å². The molecule has 0 aliphatic rings. The Morgan fingerprint density at radius 1 is 1.71 bits per heavy atom. The maximum absolute atomic E-state index is 6.48. The predicted octanol–water partition coefficient (Wildman–Crippen LogP) is 1.28. The van der Waals surface area contributed by atoms with Crippen molar-refractivity contribution in [3.63, 3.8) is 0 Å². The van der Waals surface area contributed by atoms with Crippen molar-refractivity contribution in [1.29, 1.82) is 0 Å². The predicted molar refractivity (Wildman–Crippen MR) is 30.3 cm³/mol. The summed E-state index contributed by atoms with van der Waals surface area (Å²) in [7, 11) is 0. The van der Waals surface area contributed by atoms with Crippen molar-refractivity contribution in [2.75, 3.05) is 0 Å². The summed E-state index contributed by atoms with van der Waals surface area (Å²) in [6, 6.07) is 2.12. The Morgan fingerprint density at radius 2 is 2.29 bits per heavy atom. The highest BCUT2D eigenvalue weighted by Gasteiger charge is 1.86. The maximum Gasteiger partial charge on any atom is 0.0257 e. The summed E-state index contributed by atoms with van der Waals surface area (Å²) in [4.78, 5) is 0. The van der Waals surface area contributed by atoms with Crippen molar-refractivity contribution in [1.82, 2.24) is 5.73 Å². The minimum Gasteiger partial charge on any atom is -0.251 e. The van der Waals surface area contributed by atoms with Gasteiger partial charge < -0.3 is 0 Å². The molecule has 0 aromatic heterocycles. The highest BCUT2D eigenvalue weighted by Crippen LogP contribution is 1.94. The fourth-order valence-electron chi connectivity index (χ4n) is 0.225. The van der Waals surface area contributed by atoms with Gasteiger partial charge >= 0.3 is 0 Å². The lowest BCUT2D eigenvalue weighted by atomic mass is 10.1. The Hall–Kier alpha value is -0.640. The first-order chi connectivity index (χ1) is 3.31. The van der Waals surface area contributed by atoms with Gasteiger partial charge in [0.2, 0.25) is 0 Å². The molecule has 0 aromatic carbocycles. The first-order valence-electron chi connectivity index (χ1n) is 2.48. The van der Waals surface area contributed by atoms with Crippen LogP contribution in [-0.2, 0) is 0 Å². The number of rotatable bonds is 1.